The molecule has 0 unspecified atom stereocenters. The van der Waals surface area contributed by atoms with E-state index in [0.29, 0.717) is 13.1 Å². The second-order valence-corrected chi connectivity index (χ2v) is 9.68. The van der Waals surface area contributed by atoms with Crippen molar-refractivity contribution in [2.75, 3.05) is 31.1 Å². The number of hydrogen-bond acceptors (Lipinski definition) is 6. The van der Waals surface area contributed by atoms with Crippen LogP contribution in [0.1, 0.15) is 10.4 Å². The largest absolute Gasteiger partial charge is 0.353 e. The van der Waals surface area contributed by atoms with Gasteiger partial charge in [0.1, 0.15) is 28.6 Å². The fraction of sp³-hybridized carbons (Fsp3) is 0.333. The van der Waals surface area contributed by atoms with E-state index in [2.05, 4.69) is 9.97 Å². The highest BCUT2D eigenvalue weighted by atomic mass is 32.2. The monoisotopic (exact) mass is 424 g/mol. The van der Waals surface area contributed by atoms with Gasteiger partial charge in [0.15, 0.2) is 4.90 Å². The number of fused-ring (bicyclic) bond motifs is 1. The molecule has 3 heterocycles. The predicted molar refractivity (Wildman–Crippen MR) is 104 cm³/mol. The van der Waals surface area contributed by atoms with Crippen molar-refractivity contribution in [3.05, 3.63) is 46.6 Å². The summed E-state index contributed by atoms with van der Waals surface area (Å²) in [6, 6.07) is 3.05. The molecule has 0 amide bonds. The van der Waals surface area contributed by atoms with E-state index in [0.717, 1.165) is 49.0 Å². The molecule has 3 aromatic rings. The maximum atomic E-state index is 14.0. The average Bonchev–Trinajstić information content (AvgIpc) is 2.96. The number of benzene rings is 1. The number of nitrogens with zero attached hydrogens (tertiary/aromatic N) is 4. The number of sulfonamides is 1. The highest BCUT2D eigenvalue weighted by Gasteiger charge is 2.33. The number of piperazine rings is 1. The van der Waals surface area contributed by atoms with E-state index in [1.165, 1.54) is 6.33 Å². The Morgan fingerprint density at radius 3 is 2.32 bits per heavy atom. The molecule has 148 valence electrons. The summed E-state index contributed by atoms with van der Waals surface area (Å²) >= 11 is 1.59. The van der Waals surface area contributed by atoms with Crippen LogP contribution in [0.25, 0.3) is 10.2 Å². The van der Waals surface area contributed by atoms with Crippen LogP contribution in [0.15, 0.2) is 29.4 Å². The third-order valence-electron chi connectivity index (χ3n) is 5.00. The Labute approximate surface area is 165 Å². The standard InChI is InChI=1S/C18H18F2N4O2S2/c1-11-12(2)27-18-15(11)17(21-10-22-18)23-6-8-24(9-7-23)28(25,26)16-13(19)4-3-5-14(16)20/h3-5,10H,6-9H2,1-2H3. The number of halogens is 2. The lowest BCUT2D eigenvalue weighted by atomic mass is 10.2. The van der Waals surface area contributed by atoms with Crippen molar-refractivity contribution in [3.63, 3.8) is 0 Å². The van der Waals surface area contributed by atoms with Gasteiger partial charge in [0.2, 0.25) is 10.0 Å². The Balaban J connectivity index is 1.61. The molecule has 10 heteroatoms. The van der Waals surface area contributed by atoms with Gasteiger partial charge < -0.3 is 4.90 Å². The number of hydrogen-bond donors (Lipinski definition) is 0. The van der Waals surface area contributed by atoms with Gasteiger partial charge in [-0.2, -0.15) is 4.31 Å². The molecule has 0 aliphatic carbocycles. The molecule has 0 spiro atoms. The van der Waals surface area contributed by atoms with Crippen LogP contribution < -0.4 is 4.90 Å². The van der Waals surface area contributed by atoms with Gasteiger partial charge in [0, 0.05) is 31.1 Å². The molecule has 4 rings (SSSR count). The zero-order chi connectivity index (χ0) is 20.1. The number of aryl methyl sites for hydroxylation is 2. The predicted octanol–water partition coefficient (Wildman–Crippen LogP) is 3.10. The van der Waals surface area contributed by atoms with E-state index >= 15 is 0 Å². The minimum Gasteiger partial charge on any atom is -0.353 e. The number of rotatable bonds is 3. The van der Waals surface area contributed by atoms with E-state index < -0.39 is 26.6 Å². The molecule has 0 N–H and O–H groups in total. The molecule has 28 heavy (non-hydrogen) atoms. The van der Waals surface area contributed by atoms with Crippen LogP contribution in [0.2, 0.25) is 0 Å². The molecule has 0 radical (unpaired) electrons. The lowest BCUT2D eigenvalue weighted by molar-refractivity contribution is 0.378. The van der Waals surface area contributed by atoms with Crippen molar-refractivity contribution in [2.24, 2.45) is 0 Å². The fourth-order valence-corrected chi connectivity index (χ4v) is 5.92. The molecular formula is C18H18F2N4O2S2. The van der Waals surface area contributed by atoms with Crippen LogP contribution in [0, 0.1) is 25.5 Å². The summed E-state index contributed by atoms with van der Waals surface area (Å²) in [5.41, 5.74) is 1.11. The van der Waals surface area contributed by atoms with Crippen LogP contribution in [0.3, 0.4) is 0 Å². The first kappa shape index (κ1) is 19.2. The van der Waals surface area contributed by atoms with Crippen molar-refractivity contribution >= 4 is 37.4 Å². The topological polar surface area (TPSA) is 66.4 Å². The lowest BCUT2D eigenvalue weighted by Gasteiger charge is -2.35. The van der Waals surface area contributed by atoms with Crippen molar-refractivity contribution < 1.29 is 17.2 Å². The third-order valence-corrected chi connectivity index (χ3v) is 8.07. The van der Waals surface area contributed by atoms with Crippen LogP contribution in [0.4, 0.5) is 14.6 Å². The zero-order valence-corrected chi connectivity index (χ0v) is 16.9. The summed E-state index contributed by atoms with van der Waals surface area (Å²) in [6.07, 6.45) is 1.50. The highest BCUT2D eigenvalue weighted by Crippen LogP contribution is 2.35. The van der Waals surface area contributed by atoms with E-state index in [9.17, 15) is 17.2 Å². The minimum absolute atomic E-state index is 0.115. The van der Waals surface area contributed by atoms with E-state index in [-0.39, 0.29) is 13.1 Å². The normalized spacial score (nSPS) is 16.1. The van der Waals surface area contributed by atoms with E-state index in [1.807, 2.05) is 18.7 Å². The summed E-state index contributed by atoms with van der Waals surface area (Å²) < 4.78 is 54.6. The lowest BCUT2D eigenvalue weighted by Crippen LogP contribution is -2.49. The molecule has 1 aromatic carbocycles. The van der Waals surface area contributed by atoms with Gasteiger partial charge in [-0.1, -0.05) is 6.07 Å². The first-order chi connectivity index (χ1) is 13.3. The molecule has 1 aliphatic heterocycles. The first-order valence-electron chi connectivity index (χ1n) is 8.70. The van der Waals surface area contributed by atoms with E-state index in [1.54, 1.807) is 11.3 Å². The van der Waals surface area contributed by atoms with Crippen LogP contribution in [0.5, 0.6) is 0 Å². The van der Waals surface area contributed by atoms with Gasteiger partial charge in [-0.05, 0) is 31.5 Å². The molecule has 1 aliphatic rings. The Kier molecular flexibility index (Phi) is 4.80. The van der Waals surface area contributed by atoms with Crippen LogP contribution in [-0.2, 0) is 10.0 Å². The quantitative estimate of drug-likeness (QED) is 0.646. The van der Waals surface area contributed by atoms with E-state index in [4.69, 9.17) is 0 Å². The SMILES string of the molecule is Cc1sc2ncnc(N3CCN(S(=O)(=O)c4c(F)cccc4F)CC3)c2c1C. The van der Waals surface area contributed by atoms with Crippen molar-refractivity contribution in [3.8, 4) is 0 Å². The van der Waals surface area contributed by atoms with Crippen molar-refractivity contribution in [1.29, 1.82) is 0 Å². The average molecular weight is 424 g/mol. The summed E-state index contributed by atoms with van der Waals surface area (Å²) in [4.78, 5) is 11.9. The minimum atomic E-state index is -4.25. The molecule has 0 bridgehead atoms. The molecule has 1 saturated heterocycles. The van der Waals surface area contributed by atoms with Gasteiger partial charge in [-0.25, -0.2) is 27.2 Å². The summed E-state index contributed by atoms with van der Waals surface area (Å²) in [7, 11) is -4.25. The van der Waals surface area contributed by atoms with Gasteiger partial charge in [-0.15, -0.1) is 11.3 Å². The molecule has 2 aromatic heterocycles. The molecule has 6 nitrogen and oxygen atoms in total. The zero-order valence-electron chi connectivity index (χ0n) is 15.3. The summed E-state index contributed by atoms with van der Waals surface area (Å²) in [5.74, 6) is -1.39. The number of aromatic nitrogens is 2. The number of thiophene rings is 1. The molecular weight excluding hydrogens is 406 g/mol. The smallest absolute Gasteiger partial charge is 0.249 e. The summed E-state index contributed by atoms with van der Waals surface area (Å²) in [5, 5.41) is 0.974. The Hall–Kier alpha value is -2.17. The van der Waals surface area contributed by atoms with Crippen molar-refractivity contribution in [2.45, 2.75) is 18.7 Å². The van der Waals surface area contributed by atoms with Gasteiger partial charge in [-0.3, -0.25) is 0 Å². The highest BCUT2D eigenvalue weighted by molar-refractivity contribution is 7.89. The van der Waals surface area contributed by atoms with Gasteiger partial charge in [0.05, 0.1) is 5.39 Å². The maximum absolute atomic E-state index is 14.0. The molecule has 1 fully saturated rings. The van der Waals surface area contributed by atoms with Gasteiger partial charge in [0.25, 0.3) is 0 Å². The second kappa shape index (κ2) is 7.02. The first-order valence-corrected chi connectivity index (χ1v) is 11.0. The second-order valence-electron chi connectivity index (χ2n) is 6.60. The fourth-order valence-electron chi connectivity index (χ4n) is 3.40. The van der Waals surface area contributed by atoms with Crippen molar-refractivity contribution in [1.82, 2.24) is 14.3 Å². The molecule has 0 saturated carbocycles. The Morgan fingerprint density at radius 1 is 1.04 bits per heavy atom. The van der Waals surface area contributed by atoms with Crippen LogP contribution >= 0.6 is 11.3 Å². The van der Waals surface area contributed by atoms with Gasteiger partial charge >= 0.3 is 0 Å². The number of anilines is 1. The maximum Gasteiger partial charge on any atom is 0.249 e. The Morgan fingerprint density at radius 2 is 1.68 bits per heavy atom. The molecule has 0 atom stereocenters. The summed E-state index contributed by atoms with van der Waals surface area (Å²) in [6.45, 7) is 5.01. The Bertz CT molecular complexity index is 1140. The van der Waals surface area contributed by atoms with Crippen LogP contribution in [-0.4, -0.2) is 48.9 Å². The third kappa shape index (κ3) is 3.05.